The lowest BCUT2D eigenvalue weighted by molar-refractivity contribution is -0.123. The highest BCUT2D eigenvalue weighted by Crippen LogP contribution is 2.11. The van der Waals surface area contributed by atoms with Gasteiger partial charge in [0.25, 0.3) is 0 Å². The monoisotopic (exact) mass is 281 g/mol. The first-order valence-electron chi connectivity index (χ1n) is 8.56. The van der Waals surface area contributed by atoms with Crippen molar-refractivity contribution < 1.29 is 4.79 Å². The van der Waals surface area contributed by atoms with E-state index in [2.05, 4.69) is 6.92 Å². The summed E-state index contributed by atoms with van der Waals surface area (Å²) in [5.74, 6) is 0.0908. The molecule has 0 spiro atoms. The molecular formula is C18H35NO. The second-order valence-corrected chi connectivity index (χ2v) is 5.96. The SMILES string of the molecule is CCCCCCCCCCCCC/C=C/C(=O)N(C)C. The van der Waals surface area contributed by atoms with E-state index in [0.29, 0.717) is 0 Å². The lowest BCUT2D eigenvalue weighted by Gasteiger charge is -2.05. The largest absolute Gasteiger partial charge is 0.345 e. The van der Waals surface area contributed by atoms with Gasteiger partial charge in [-0.05, 0) is 18.9 Å². The van der Waals surface area contributed by atoms with Gasteiger partial charge in [-0.25, -0.2) is 0 Å². The Labute approximate surface area is 126 Å². The van der Waals surface area contributed by atoms with Crippen molar-refractivity contribution in [3.05, 3.63) is 12.2 Å². The van der Waals surface area contributed by atoms with Crippen LogP contribution in [0, 0.1) is 0 Å². The zero-order valence-corrected chi connectivity index (χ0v) is 14.0. The Hall–Kier alpha value is -0.790. The van der Waals surface area contributed by atoms with Crippen LogP contribution in [0.15, 0.2) is 12.2 Å². The molecule has 0 aromatic carbocycles. The topological polar surface area (TPSA) is 20.3 Å². The Morgan fingerprint density at radius 2 is 1.25 bits per heavy atom. The van der Waals surface area contributed by atoms with Gasteiger partial charge < -0.3 is 4.90 Å². The quantitative estimate of drug-likeness (QED) is 0.330. The van der Waals surface area contributed by atoms with Crippen molar-refractivity contribution in [3.63, 3.8) is 0 Å². The van der Waals surface area contributed by atoms with E-state index >= 15 is 0 Å². The molecule has 0 saturated carbocycles. The summed E-state index contributed by atoms with van der Waals surface area (Å²) >= 11 is 0. The Morgan fingerprint density at radius 1 is 0.800 bits per heavy atom. The molecule has 0 aliphatic carbocycles. The molecule has 0 N–H and O–H groups in total. The number of amides is 1. The van der Waals surface area contributed by atoms with Gasteiger partial charge >= 0.3 is 0 Å². The molecule has 2 nitrogen and oxygen atoms in total. The predicted octanol–water partition coefficient (Wildman–Crippen LogP) is 5.33. The normalized spacial score (nSPS) is 11.2. The molecular weight excluding hydrogens is 246 g/mol. The van der Waals surface area contributed by atoms with E-state index in [1.54, 1.807) is 25.1 Å². The van der Waals surface area contributed by atoms with Crippen LogP contribution in [0.3, 0.4) is 0 Å². The van der Waals surface area contributed by atoms with E-state index in [4.69, 9.17) is 0 Å². The summed E-state index contributed by atoms with van der Waals surface area (Å²) in [5, 5.41) is 0. The Bertz CT molecular complexity index is 246. The predicted molar refractivity (Wildman–Crippen MR) is 88.9 cm³/mol. The fourth-order valence-corrected chi connectivity index (χ4v) is 2.26. The molecule has 0 radical (unpaired) electrons. The van der Waals surface area contributed by atoms with E-state index in [1.165, 1.54) is 70.6 Å². The van der Waals surface area contributed by atoms with Crippen molar-refractivity contribution in [2.75, 3.05) is 14.1 Å². The molecule has 0 bridgehead atoms. The Balaban J connectivity index is 3.15. The third-order valence-corrected chi connectivity index (χ3v) is 3.68. The number of likely N-dealkylation sites (N-methyl/N-ethyl adjacent to an activating group) is 1. The van der Waals surface area contributed by atoms with Gasteiger partial charge in [0.1, 0.15) is 0 Å². The van der Waals surface area contributed by atoms with Crippen molar-refractivity contribution in [2.24, 2.45) is 0 Å². The molecule has 0 heterocycles. The van der Waals surface area contributed by atoms with Gasteiger partial charge in [-0.1, -0.05) is 77.2 Å². The van der Waals surface area contributed by atoms with Crippen LogP contribution in [0.4, 0.5) is 0 Å². The highest BCUT2D eigenvalue weighted by Gasteiger charge is 1.96. The minimum absolute atomic E-state index is 0.0908. The van der Waals surface area contributed by atoms with Crippen LogP contribution in [0.5, 0.6) is 0 Å². The van der Waals surface area contributed by atoms with E-state index < -0.39 is 0 Å². The van der Waals surface area contributed by atoms with Crippen LogP contribution >= 0.6 is 0 Å². The van der Waals surface area contributed by atoms with Crippen LogP contribution in [-0.4, -0.2) is 24.9 Å². The van der Waals surface area contributed by atoms with E-state index in [9.17, 15) is 4.79 Å². The number of nitrogens with zero attached hydrogens (tertiary/aromatic N) is 1. The molecule has 0 aliphatic heterocycles. The molecule has 0 fully saturated rings. The van der Waals surface area contributed by atoms with Gasteiger partial charge in [-0.3, -0.25) is 4.79 Å². The van der Waals surface area contributed by atoms with Crippen molar-refractivity contribution in [3.8, 4) is 0 Å². The van der Waals surface area contributed by atoms with Crippen molar-refractivity contribution in [1.29, 1.82) is 0 Å². The average molecular weight is 281 g/mol. The number of rotatable bonds is 13. The third kappa shape index (κ3) is 13.6. The summed E-state index contributed by atoms with van der Waals surface area (Å²) in [7, 11) is 3.57. The van der Waals surface area contributed by atoms with Crippen LogP contribution in [-0.2, 0) is 4.79 Å². The number of hydrogen-bond donors (Lipinski definition) is 0. The molecule has 2 heteroatoms. The fraction of sp³-hybridized carbons (Fsp3) is 0.833. The van der Waals surface area contributed by atoms with Gasteiger partial charge in [0, 0.05) is 14.1 Å². The maximum atomic E-state index is 11.3. The molecule has 1 amide bonds. The van der Waals surface area contributed by atoms with Crippen molar-refractivity contribution >= 4 is 5.91 Å². The lowest BCUT2D eigenvalue weighted by Crippen LogP contribution is -2.18. The number of carbonyl (C=O) groups is 1. The molecule has 118 valence electrons. The van der Waals surface area contributed by atoms with E-state index in [-0.39, 0.29) is 5.91 Å². The number of carbonyl (C=O) groups excluding carboxylic acids is 1. The summed E-state index contributed by atoms with van der Waals surface area (Å²) in [6, 6.07) is 0. The average Bonchev–Trinajstić information content (AvgIpc) is 2.43. The standard InChI is InChI=1S/C18H35NO/c1-4-5-6-7-8-9-10-11-12-13-14-15-16-17-18(20)19(2)3/h16-17H,4-15H2,1-3H3/b17-16+. The summed E-state index contributed by atoms with van der Waals surface area (Å²) in [6.07, 6.45) is 19.8. The minimum atomic E-state index is 0.0908. The van der Waals surface area contributed by atoms with Gasteiger partial charge in [0.15, 0.2) is 0 Å². The molecule has 0 atom stereocenters. The Kier molecular flexibility index (Phi) is 14.0. The smallest absolute Gasteiger partial charge is 0.245 e. The summed E-state index contributed by atoms with van der Waals surface area (Å²) in [4.78, 5) is 12.9. The maximum Gasteiger partial charge on any atom is 0.245 e. The van der Waals surface area contributed by atoms with Crippen molar-refractivity contribution in [1.82, 2.24) is 4.90 Å². The first kappa shape index (κ1) is 19.2. The number of allylic oxidation sites excluding steroid dienone is 1. The number of hydrogen-bond acceptors (Lipinski definition) is 1. The van der Waals surface area contributed by atoms with Gasteiger partial charge in [0.05, 0.1) is 0 Å². The highest BCUT2D eigenvalue weighted by atomic mass is 16.2. The first-order chi connectivity index (χ1) is 9.68. The maximum absolute atomic E-state index is 11.3. The minimum Gasteiger partial charge on any atom is -0.345 e. The molecule has 0 rings (SSSR count). The third-order valence-electron chi connectivity index (χ3n) is 3.68. The zero-order chi connectivity index (χ0) is 15.1. The van der Waals surface area contributed by atoms with Crippen LogP contribution in [0.1, 0.15) is 84.0 Å². The van der Waals surface area contributed by atoms with E-state index in [1.807, 2.05) is 6.08 Å². The molecule has 0 unspecified atom stereocenters. The fourth-order valence-electron chi connectivity index (χ4n) is 2.26. The summed E-state index contributed by atoms with van der Waals surface area (Å²) < 4.78 is 0. The molecule has 0 aromatic rings. The Morgan fingerprint density at radius 3 is 1.70 bits per heavy atom. The summed E-state index contributed by atoms with van der Waals surface area (Å²) in [5.41, 5.74) is 0. The first-order valence-corrected chi connectivity index (χ1v) is 8.56. The van der Waals surface area contributed by atoms with Gasteiger partial charge in [0.2, 0.25) is 5.91 Å². The van der Waals surface area contributed by atoms with Crippen molar-refractivity contribution in [2.45, 2.75) is 84.0 Å². The zero-order valence-electron chi connectivity index (χ0n) is 14.0. The molecule has 20 heavy (non-hydrogen) atoms. The van der Waals surface area contributed by atoms with Crippen LogP contribution in [0.2, 0.25) is 0 Å². The summed E-state index contributed by atoms with van der Waals surface area (Å²) in [6.45, 7) is 2.27. The lowest BCUT2D eigenvalue weighted by atomic mass is 10.1. The second kappa shape index (κ2) is 14.6. The second-order valence-electron chi connectivity index (χ2n) is 5.96. The van der Waals surface area contributed by atoms with Gasteiger partial charge in [-0.2, -0.15) is 0 Å². The van der Waals surface area contributed by atoms with Crippen LogP contribution in [0.25, 0.3) is 0 Å². The molecule has 0 saturated heterocycles. The molecule has 0 aliphatic rings. The van der Waals surface area contributed by atoms with Crippen LogP contribution < -0.4 is 0 Å². The van der Waals surface area contributed by atoms with Gasteiger partial charge in [-0.15, -0.1) is 0 Å². The molecule has 0 aromatic heterocycles. The van der Waals surface area contributed by atoms with E-state index in [0.717, 1.165) is 6.42 Å². The highest BCUT2D eigenvalue weighted by molar-refractivity contribution is 5.86. The number of unbranched alkanes of at least 4 members (excludes halogenated alkanes) is 11.